The summed E-state index contributed by atoms with van der Waals surface area (Å²) in [7, 11) is -3.70. The molecule has 27 heavy (non-hydrogen) atoms. The third-order valence-electron chi connectivity index (χ3n) is 3.70. The van der Waals surface area contributed by atoms with Gasteiger partial charge in [-0.1, -0.05) is 28.1 Å². The minimum atomic E-state index is -3.70. The number of nitrogens with one attached hydrogen (secondary N) is 1. The monoisotopic (exact) mass is 449 g/mol. The average Bonchev–Trinajstić information content (AvgIpc) is 3.20. The van der Waals surface area contributed by atoms with Gasteiger partial charge in [-0.05, 0) is 54.1 Å². The van der Waals surface area contributed by atoms with Crippen LogP contribution in [-0.4, -0.2) is 14.4 Å². The van der Waals surface area contributed by atoms with Crippen LogP contribution in [0.1, 0.15) is 21.7 Å². The number of benzene rings is 2. The molecule has 3 rings (SSSR count). The van der Waals surface area contributed by atoms with Crippen LogP contribution in [0.25, 0.3) is 0 Å². The van der Waals surface area contributed by atoms with Crippen LogP contribution in [0, 0.1) is 0 Å². The van der Waals surface area contributed by atoms with Gasteiger partial charge < -0.3 is 9.15 Å². The summed E-state index contributed by atoms with van der Waals surface area (Å²) in [5.41, 5.74) is 1.13. The van der Waals surface area contributed by atoms with Crippen LogP contribution in [0.15, 0.2) is 80.7 Å². The highest BCUT2D eigenvalue weighted by Crippen LogP contribution is 2.14. The zero-order valence-electron chi connectivity index (χ0n) is 14.1. The molecule has 0 atom stereocenters. The van der Waals surface area contributed by atoms with Crippen molar-refractivity contribution in [3.63, 3.8) is 0 Å². The number of halogens is 1. The number of rotatable bonds is 7. The number of furan rings is 1. The lowest BCUT2D eigenvalue weighted by atomic mass is 10.2. The lowest BCUT2D eigenvalue weighted by molar-refractivity contribution is 0.0472. The summed E-state index contributed by atoms with van der Waals surface area (Å²) in [5, 5.41) is 0. The van der Waals surface area contributed by atoms with Crippen molar-refractivity contribution in [1.29, 1.82) is 0 Å². The van der Waals surface area contributed by atoms with E-state index in [1.54, 1.807) is 12.1 Å². The Morgan fingerprint density at radius 2 is 1.74 bits per heavy atom. The van der Waals surface area contributed by atoms with Gasteiger partial charge in [0.15, 0.2) is 0 Å². The lowest BCUT2D eigenvalue weighted by Gasteiger charge is -2.08. The van der Waals surface area contributed by atoms with E-state index in [-0.39, 0.29) is 23.6 Å². The predicted octanol–water partition coefficient (Wildman–Crippen LogP) is 3.88. The van der Waals surface area contributed by atoms with Gasteiger partial charge in [-0.3, -0.25) is 0 Å². The zero-order chi connectivity index (χ0) is 19.3. The van der Waals surface area contributed by atoms with E-state index in [0.717, 1.165) is 10.0 Å². The molecule has 3 aromatic rings. The fourth-order valence-corrected chi connectivity index (χ4v) is 3.50. The van der Waals surface area contributed by atoms with Crippen molar-refractivity contribution in [3.8, 4) is 0 Å². The maximum absolute atomic E-state index is 12.3. The quantitative estimate of drug-likeness (QED) is 0.553. The van der Waals surface area contributed by atoms with Crippen LogP contribution < -0.4 is 4.72 Å². The normalized spacial score (nSPS) is 11.3. The second-order valence-corrected chi connectivity index (χ2v) is 8.31. The van der Waals surface area contributed by atoms with Crippen molar-refractivity contribution < 1.29 is 22.4 Å². The molecule has 8 heteroatoms. The highest BCUT2D eigenvalue weighted by molar-refractivity contribution is 9.10. The Balaban J connectivity index is 1.60. The van der Waals surface area contributed by atoms with Gasteiger partial charge in [0, 0.05) is 4.47 Å². The number of ether oxygens (including phenoxy) is 1. The second-order valence-electron chi connectivity index (χ2n) is 5.63. The van der Waals surface area contributed by atoms with Crippen LogP contribution in [0.5, 0.6) is 0 Å². The Morgan fingerprint density at radius 3 is 2.37 bits per heavy atom. The molecular formula is C19H16BrNO5S. The standard InChI is InChI=1S/C19H16BrNO5S/c20-16-7-3-14(4-8-16)13-26-19(22)15-5-9-18(10-6-15)27(23,24)21-12-17-2-1-11-25-17/h1-11,21H,12-13H2. The van der Waals surface area contributed by atoms with E-state index in [2.05, 4.69) is 20.7 Å². The molecule has 0 saturated heterocycles. The molecule has 0 aliphatic rings. The van der Waals surface area contributed by atoms with Gasteiger partial charge in [0.2, 0.25) is 10.0 Å². The van der Waals surface area contributed by atoms with Gasteiger partial charge in [-0.2, -0.15) is 0 Å². The Hall–Kier alpha value is -2.42. The van der Waals surface area contributed by atoms with E-state index >= 15 is 0 Å². The molecule has 0 fully saturated rings. The Bertz CT molecular complexity index is 997. The molecule has 0 aliphatic carbocycles. The number of carbonyl (C=O) groups is 1. The van der Waals surface area contributed by atoms with Gasteiger partial charge in [0.25, 0.3) is 0 Å². The first-order valence-corrected chi connectivity index (χ1v) is 10.3. The van der Waals surface area contributed by atoms with Crippen molar-refractivity contribution in [3.05, 3.63) is 88.3 Å². The van der Waals surface area contributed by atoms with E-state index < -0.39 is 16.0 Å². The smallest absolute Gasteiger partial charge is 0.338 e. The number of sulfonamides is 1. The first kappa shape index (κ1) is 19.3. The van der Waals surface area contributed by atoms with Crippen LogP contribution >= 0.6 is 15.9 Å². The van der Waals surface area contributed by atoms with Crippen molar-refractivity contribution in [2.24, 2.45) is 0 Å². The van der Waals surface area contributed by atoms with Crippen molar-refractivity contribution in [2.75, 3.05) is 0 Å². The van der Waals surface area contributed by atoms with Crippen LogP contribution in [0.4, 0.5) is 0 Å². The van der Waals surface area contributed by atoms with E-state index in [4.69, 9.17) is 9.15 Å². The molecule has 2 aromatic carbocycles. The summed E-state index contributed by atoms with van der Waals surface area (Å²) in [4.78, 5) is 12.2. The van der Waals surface area contributed by atoms with E-state index in [0.29, 0.717) is 5.76 Å². The molecule has 6 nitrogen and oxygen atoms in total. The molecule has 0 spiro atoms. The van der Waals surface area contributed by atoms with Gasteiger partial charge in [0.05, 0.1) is 23.3 Å². The van der Waals surface area contributed by atoms with Crippen LogP contribution in [0.3, 0.4) is 0 Å². The van der Waals surface area contributed by atoms with Gasteiger partial charge in [-0.25, -0.2) is 17.9 Å². The maximum atomic E-state index is 12.3. The zero-order valence-corrected chi connectivity index (χ0v) is 16.5. The van der Waals surface area contributed by atoms with Crippen molar-refractivity contribution >= 4 is 31.9 Å². The Labute approximate surface area is 165 Å². The van der Waals surface area contributed by atoms with Gasteiger partial charge >= 0.3 is 5.97 Å². The van der Waals surface area contributed by atoms with Crippen LogP contribution in [-0.2, 0) is 27.9 Å². The molecule has 1 aromatic heterocycles. The summed E-state index contributed by atoms with van der Waals surface area (Å²) < 4.78 is 38.3. The molecule has 0 unspecified atom stereocenters. The molecule has 0 bridgehead atoms. The summed E-state index contributed by atoms with van der Waals surface area (Å²) in [6, 6.07) is 16.3. The fourth-order valence-electron chi connectivity index (χ4n) is 2.25. The highest BCUT2D eigenvalue weighted by atomic mass is 79.9. The molecule has 0 saturated carbocycles. The average molecular weight is 450 g/mol. The largest absolute Gasteiger partial charge is 0.468 e. The Kier molecular flexibility index (Phi) is 6.10. The lowest BCUT2D eigenvalue weighted by Crippen LogP contribution is -2.23. The summed E-state index contributed by atoms with van der Waals surface area (Å²) in [6.45, 7) is 0.184. The van der Waals surface area contributed by atoms with Crippen molar-refractivity contribution in [1.82, 2.24) is 4.72 Å². The number of esters is 1. The number of hydrogen-bond donors (Lipinski definition) is 1. The van der Waals surface area contributed by atoms with E-state index in [1.165, 1.54) is 30.5 Å². The van der Waals surface area contributed by atoms with Gasteiger partial charge in [0.1, 0.15) is 12.4 Å². The summed E-state index contributed by atoms with van der Waals surface area (Å²) >= 11 is 3.34. The molecule has 0 aliphatic heterocycles. The highest BCUT2D eigenvalue weighted by Gasteiger charge is 2.16. The minimum Gasteiger partial charge on any atom is -0.468 e. The molecular weight excluding hydrogens is 434 g/mol. The third-order valence-corrected chi connectivity index (χ3v) is 5.65. The summed E-state index contributed by atoms with van der Waals surface area (Å²) in [6.07, 6.45) is 1.47. The van der Waals surface area contributed by atoms with E-state index in [9.17, 15) is 13.2 Å². The second kappa shape index (κ2) is 8.51. The van der Waals surface area contributed by atoms with Crippen LogP contribution in [0.2, 0.25) is 0 Å². The minimum absolute atomic E-state index is 0.0479. The Morgan fingerprint density at radius 1 is 1.04 bits per heavy atom. The molecule has 140 valence electrons. The molecule has 0 amide bonds. The topological polar surface area (TPSA) is 85.6 Å². The SMILES string of the molecule is O=C(OCc1ccc(Br)cc1)c1ccc(S(=O)(=O)NCc2ccco2)cc1. The number of carbonyl (C=O) groups excluding carboxylic acids is 1. The summed E-state index contributed by atoms with van der Waals surface area (Å²) in [5.74, 6) is -0.0165. The van der Waals surface area contributed by atoms with Gasteiger partial charge in [-0.15, -0.1) is 0 Å². The molecule has 0 radical (unpaired) electrons. The first-order chi connectivity index (χ1) is 12.9. The maximum Gasteiger partial charge on any atom is 0.338 e. The predicted molar refractivity (Wildman–Crippen MR) is 102 cm³/mol. The molecule has 1 N–H and O–H groups in total. The van der Waals surface area contributed by atoms with Crippen molar-refractivity contribution in [2.45, 2.75) is 18.0 Å². The van der Waals surface area contributed by atoms with E-state index in [1.807, 2.05) is 24.3 Å². The number of hydrogen-bond acceptors (Lipinski definition) is 5. The molecule has 1 heterocycles. The fraction of sp³-hybridized carbons (Fsp3) is 0.105. The third kappa shape index (κ3) is 5.29. The first-order valence-electron chi connectivity index (χ1n) is 7.98.